The van der Waals surface area contributed by atoms with E-state index < -0.39 is 42.0 Å². The zero-order valence-corrected chi connectivity index (χ0v) is 17.2. The third-order valence-electron chi connectivity index (χ3n) is 4.69. The van der Waals surface area contributed by atoms with Crippen molar-refractivity contribution in [1.29, 1.82) is 0 Å². The molecule has 0 saturated heterocycles. The predicted molar refractivity (Wildman–Crippen MR) is 102 cm³/mol. The van der Waals surface area contributed by atoms with Gasteiger partial charge in [0.1, 0.15) is 17.7 Å². The van der Waals surface area contributed by atoms with Crippen molar-refractivity contribution in [3.63, 3.8) is 0 Å². The number of halogens is 5. The molecule has 168 valence electrons. The third kappa shape index (κ3) is 3.78. The first-order valence-corrected chi connectivity index (χ1v) is 9.47. The van der Waals surface area contributed by atoms with Gasteiger partial charge in [-0.1, -0.05) is 23.7 Å². The SMILES string of the molecule is COc1cccc([C@H]2O[C@H](OC(C)=O)c3nnc(C(F)(F)F)n3-c3ccc(F)cc32)c1Cl. The average Bonchev–Trinajstić information content (AvgIpc) is 3.12. The lowest BCUT2D eigenvalue weighted by atomic mass is 9.99. The summed E-state index contributed by atoms with van der Waals surface area (Å²) in [5.74, 6) is -3.15. The van der Waals surface area contributed by atoms with E-state index in [0.717, 1.165) is 25.1 Å². The summed E-state index contributed by atoms with van der Waals surface area (Å²) in [4.78, 5) is 11.7. The molecule has 32 heavy (non-hydrogen) atoms. The molecule has 2 atom stereocenters. The molecule has 0 amide bonds. The Balaban J connectivity index is 2.03. The standard InChI is InChI=1S/C20H14ClF4N3O4/c1-9(29)31-18-17-26-27-19(20(23,24)25)28(17)13-7-6-10(22)8-12(13)16(32-18)11-4-3-5-14(30-2)15(11)21/h3-8,16,18H,1-2H3/t16-,18+/m1/s1. The third-order valence-corrected chi connectivity index (χ3v) is 5.10. The summed E-state index contributed by atoms with van der Waals surface area (Å²) in [5.41, 5.74) is 0.126. The molecule has 0 fully saturated rings. The molecule has 12 heteroatoms. The summed E-state index contributed by atoms with van der Waals surface area (Å²) >= 11 is 6.42. The number of hydrogen-bond donors (Lipinski definition) is 0. The Kier molecular flexibility index (Phi) is 5.55. The number of esters is 1. The van der Waals surface area contributed by atoms with E-state index in [1.54, 1.807) is 12.1 Å². The Morgan fingerprint density at radius 3 is 2.59 bits per heavy atom. The molecule has 1 aliphatic rings. The predicted octanol–water partition coefficient (Wildman–Crippen LogP) is 4.77. The van der Waals surface area contributed by atoms with E-state index in [0.29, 0.717) is 4.57 Å². The largest absolute Gasteiger partial charge is 0.495 e. The molecule has 7 nitrogen and oxygen atoms in total. The summed E-state index contributed by atoms with van der Waals surface area (Å²) in [5, 5.41) is 6.86. The van der Waals surface area contributed by atoms with E-state index in [-0.39, 0.29) is 27.6 Å². The number of ether oxygens (including phenoxy) is 3. The molecule has 0 bridgehead atoms. The molecule has 0 saturated carbocycles. The van der Waals surface area contributed by atoms with E-state index in [2.05, 4.69) is 10.2 Å². The van der Waals surface area contributed by atoms with Gasteiger partial charge in [-0.15, -0.1) is 10.2 Å². The monoisotopic (exact) mass is 471 g/mol. The number of methoxy groups -OCH3 is 1. The van der Waals surface area contributed by atoms with Crippen LogP contribution in [0.15, 0.2) is 36.4 Å². The fourth-order valence-electron chi connectivity index (χ4n) is 3.43. The highest BCUT2D eigenvalue weighted by Gasteiger charge is 2.44. The topological polar surface area (TPSA) is 75.5 Å². The molecule has 2 heterocycles. The van der Waals surface area contributed by atoms with Crippen molar-refractivity contribution in [2.45, 2.75) is 25.5 Å². The van der Waals surface area contributed by atoms with Crippen LogP contribution < -0.4 is 4.74 Å². The van der Waals surface area contributed by atoms with Gasteiger partial charge >= 0.3 is 12.1 Å². The minimum absolute atomic E-state index is 0.0126. The van der Waals surface area contributed by atoms with Gasteiger partial charge in [-0.2, -0.15) is 13.2 Å². The summed E-state index contributed by atoms with van der Waals surface area (Å²) in [7, 11) is 1.38. The summed E-state index contributed by atoms with van der Waals surface area (Å²) in [6.45, 7) is 1.06. The van der Waals surface area contributed by atoms with Gasteiger partial charge in [0.25, 0.3) is 6.29 Å². The minimum Gasteiger partial charge on any atom is -0.495 e. The second kappa shape index (κ2) is 8.06. The molecular weight excluding hydrogens is 458 g/mol. The van der Waals surface area contributed by atoms with Gasteiger partial charge in [-0.3, -0.25) is 9.36 Å². The number of alkyl halides is 3. The van der Waals surface area contributed by atoms with Crippen molar-refractivity contribution >= 4 is 17.6 Å². The molecule has 1 aliphatic heterocycles. The molecule has 0 aliphatic carbocycles. The second-order valence-electron chi connectivity index (χ2n) is 6.74. The number of rotatable bonds is 3. The van der Waals surface area contributed by atoms with Gasteiger partial charge in [0.05, 0.1) is 17.8 Å². The average molecular weight is 472 g/mol. The van der Waals surface area contributed by atoms with Crippen LogP contribution in [0.1, 0.15) is 42.1 Å². The molecule has 1 aromatic heterocycles. The zero-order valence-electron chi connectivity index (χ0n) is 16.5. The first-order chi connectivity index (χ1) is 15.1. The highest BCUT2D eigenvalue weighted by atomic mass is 35.5. The lowest BCUT2D eigenvalue weighted by Crippen LogP contribution is -2.18. The summed E-state index contributed by atoms with van der Waals surface area (Å²) in [6, 6.07) is 7.80. The van der Waals surface area contributed by atoms with Crippen LogP contribution in [-0.4, -0.2) is 27.8 Å². The number of carbonyl (C=O) groups excluding carboxylic acids is 1. The quantitative estimate of drug-likeness (QED) is 0.405. The maximum atomic E-state index is 14.2. The van der Waals surface area contributed by atoms with Crippen LogP contribution in [0, 0.1) is 5.82 Å². The van der Waals surface area contributed by atoms with Gasteiger partial charge in [0, 0.05) is 18.1 Å². The van der Waals surface area contributed by atoms with E-state index in [1.165, 1.54) is 13.2 Å². The van der Waals surface area contributed by atoms with Gasteiger partial charge in [0.15, 0.2) is 0 Å². The van der Waals surface area contributed by atoms with E-state index >= 15 is 0 Å². The van der Waals surface area contributed by atoms with Crippen LogP contribution in [0.5, 0.6) is 5.75 Å². The van der Waals surface area contributed by atoms with Gasteiger partial charge in [-0.25, -0.2) is 4.39 Å². The number of fused-ring (bicyclic) bond motifs is 3. The van der Waals surface area contributed by atoms with Crippen LogP contribution in [-0.2, 0) is 20.4 Å². The molecule has 2 aromatic carbocycles. The lowest BCUT2D eigenvalue weighted by Gasteiger charge is -2.23. The Bertz CT molecular complexity index is 1200. The zero-order chi connectivity index (χ0) is 23.2. The molecule has 0 N–H and O–H groups in total. The van der Waals surface area contributed by atoms with E-state index in [4.69, 9.17) is 25.8 Å². The number of carbonyl (C=O) groups is 1. The normalized spacial score (nSPS) is 17.8. The second-order valence-corrected chi connectivity index (χ2v) is 7.12. The fourth-order valence-corrected chi connectivity index (χ4v) is 3.73. The molecule has 0 unspecified atom stereocenters. The first-order valence-electron chi connectivity index (χ1n) is 9.09. The first kappa shape index (κ1) is 22.0. The maximum absolute atomic E-state index is 14.2. The minimum atomic E-state index is -4.91. The highest BCUT2D eigenvalue weighted by Crippen LogP contribution is 2.45. The Morgan fingerprint density at radius 2 is 1.94 bits per heavy atom. The number of nitrogens with zero attached hydrogens (tertiary/aromatic N) is 3. The molecular formula is C20H14ClF4N3O4. The van der Waals surface area contributed by atoms with Crippen LogP contribution in [0.3, 0.4) is 0 Å². The molecule has 0 radical (unpaired) electrons. The van der Waals surface area contributed by atoms with Crippen LogP contribution in [0.4, 0.5) is 17.6 Å². The van der Waals surface area contributed by atoms with Crippen LogP contribution in [0.25, 0.3) is 5.69 Å². The van der Waals surface area contributed by atoms with Crippen molar-refractivity contribution in [2.24, 2.45) is 0 Å². The number of benzene rings is 2. The van der Waals surface area contributed by atoms with Crippen molar-refractivity contribution in [1.82, 2.24) is 14.8 Å². The Morgan fingerprint density at radius 1 is 1.19 bits per heavy atom. The van der Waals surface area contributed by atoms with Crippen molar-refractivity contribution in [3.05, 3.63) is 70.0 Å². The lowest BCUT2D eigenvalue weighted by molar-refractivity contribution is -0.189. The van der Waals surface area contributed by atoms with E-state index in [9.17, 15) is 22.4 Å². The molecule has 0 spiro atoms. The Labute approximate surface area is 183 Å². The Hall–Kier alpha value is -3.18. The molecule has 3 aromatic rings. The van der Waals surface area contributed by atoms with E-state index in [1.807, 2.05) is 0 Å². The number of hydrogen-bond acceptors (Lipinski definition) is 6. The van der Waals surface area contributed by atoms with Crippen LogP contribution in [0.2, 0.25) is 5.02 Å². The van der Waals surface area contributed by atoms with Crippen molar-refractivity contribution < 1.29 is 36.6 Å². The summed E-state index contributed by atoms with van der Waals surface area (Å²) in [6.07, 6.45) is -7.85. The van der Waals surface area contributed by atoms with Crippen molar-refractivity contribution in [3.8, 4) is 11.4 Å². The fraction of sp³-hybridized carbons (Fsp3) is 0.250. The van der Waals surface area contributed by atoms with Crippen LogP contribution >= 0.6 is 11.6 Å². The smallest absolute Gasteiger partial charge is 0.452 e. The van der Waals surface area contributed by atoms with Gasteiger partial charge in [-0.05, 0) is 24.3 Å². The number of aromatic nitrogens is 3. The summed E-state index contributed by atoms with van der Waals surface area (Å²) < 4.78 is 72.2. The van der Waals surface area contributed by atoms with Gasteiger partial charge < -0.3 is 14.2 Å². The highest BCUT2D eigenvalue weighted by molar-refractivity contribution is 6.32. The molecule has 4 rings (SSSR count). The van der Waals surface area contributed by atoms with Crippen molar-refractivity contribution in [2.75, 3.05) is 7.11 Å². The van der Waals surface area contributed by atoms with Gasteiger partial charge in [0.2, 0.25) is 11.6 Å². The maximum Gasteiger partial charge on any atom is 0.452 e.